The second-order valence-electron chi connectivity index (χ2n) is 2.94. The van der Waals surface area contributed by atoms with Gasteiger partial charge in [0.05, 0.1) is 5.69 Å². The third-order valence-electron chi connectivity index (χ3n) is 2.00. The van der Waals surface area contributed by atoms with Gasteiger partial charge >= 0.3 is 0 Å². The van der Waals surface area contributed by atoms with Gasteiger partial charge in [-0.25, -0.2) is 4.98 Å². The highest BCUT2D eigenvalue weighted by molar-refractivity contribution is 7.15. The topological polar surface area (TPSA) is 57.9 Å². The zero-order valence-electron chi connectivity index (χ0n) is 7.90. The number of nitrogens with two attached hydrogens (primary N) is 1. The van der Waals surface area contributed by atoms with Crippen LogP contribution in [0.5, 0.6) is 0 Å². The van der Waals surface area contributed by atoms with Gasteiger partial charge in [-0.05, 0) is 6.07 Å². The van der Waals surface area contributed by atoms with E-state index in [9.17, 15) is 0 Å². The highest BCUT2D eigenvalue weighted by Gasteiger charge is 2.08. The van der Waals surface area contributed by atoms with E-state index in [4.69, 9.17) is 5.73 Å². The summed E-state index contributed by atoms with van der Waals surface area (Å²) in [6, 6.07) is 2.00. The lowest BCUT2D eigenvalue weighted by Gasteiger charge is -2.12. The molecule has 3 N–H and O–H groups in total. The van der Waals surface area contributed by atoms with Gasteiger partial charge in [0.15, 0.2) is 5.13 Å². The largest absolute Gasteiger partial charge is 0.366 e. The van der Waals surface area contributed by atoms with Crippen LogP contribution >= 0.6 is 11.3 Å². The maximum absolute atomic E-state index is 5.53. The molecule has 0 bridgehead atoms. The van der Waals surface area contributed by atoms with E-state index in [0.29, 0.717) is 6.54 Å². The predicted molar refractivity (Wildman–Crippen MR) is 58.9 cm³/mol. The molecule has 0 aliphatic rings. The van der Waals surface area contributed by atoms with E-state index in [1.165, 1.54) is 0 Å². The van der Waals surface area contributed by atoms with Crippen molar-refractivity contribution in [1.29, 1.82) is 0 Å². The Kier molecular flexibility index (Phi) is 2.51. The molecule has 2 aromatic rings. The van der Waals surface area contributed by atoms with Crippen molar-refractivity contribution in [2.45, 2.75) is 6.54 Å². The monoisotopic (exact) mass is 208 g/mol. The molecular formula is C9H12N4S. The van der Waals surface area contributed by atoms with Crippen molar-refractivity contribution in [3.63, 3.8) is 0 Å². The van der Waals surface area contributed by atoms with Gasteiger partial charge in [-0.3, -0.25) is 0 Å². The first-order chi connectivity index (χ1) is 6.81. The average molecular weight is 208 g/mol. The Hall–Kier alpha value is -1.33. The van der Waals surface area contributed by atoms with Crippen LogP contribution < -0.4 is 10.6 Å². The van der Waals surface area contributed by atoms with E-state index in [2.05, 4.69) is 9.97 Å². The quantitative estimate of drug-likeness (QED) is 0.807. The number of thiazole rings is 1. The third-order valence-corrected chi connectivity index (χ3v) is 3.09. The molecule has 0 unspecified atom stereocenters. The average Bonchev–Trinajstić information content (AvgIpc) is 2.88. The summed E-state index contributed by atoms with van der Waals surface area (Å²) in [5.74, 6) is 0. The Morgan fingerprint density at radius 3 is 3.07 bits per heavy atom. The number of nitrogens with one attached hydrogen (secondary N) is 1. The fourth-order valence-corrected chi connectivity index (χ4v) is 1.95. The molecule has 0 amide bonds. The Morgan fingerprint density at radius 2 is 2.50 bits per heavy atom. The molecule has 0 saturated carbocycles. The molecule has 4 nitrogen and oxygen atoms in total. The fourth-order valence-electron chi connectivity index (χ4n) is 1.18. The minimum absolute atomic E-state index is 0.554. The van der Waals surface area contributed by atoms with Gasteiger partial charge in [0.2, 0.25) is 0 Å². The third kappa shape index (κ3) is 1.64. The summed E-state index contributed by atoms with van der Waals surface area (Å²) in [4.78, 5) is 10.4. The minimum atomic E-state index is 0.554. The van der Waals surface area contributed by atoms with Crippen molar-refractivity contribution in [3.8, 4) is 0 Å². The molecule has 2 rings (SSSR count). The SMILES string of the molecule is CN(c1cc[nH]c1)c1ncc(CN)s1. The maximum atomic E-state index is 5.53. The Morgan fingerprint density at radius 1 is 1.64 bits per heavy atom. The first-order valence-corrected chi connectivity index (χ1v) is 5.14. The number of anilines is 2. The summed E-state index contributed by atoms with van der Waals surface area (Å²) in [7, 11) is 1.99. The van der Waals surface area contributed by atoms with Crippen LogP contribution in [0.2, 0.25) is 0 Å². The molecule has 0 radical (unpaired) electrons. The van der Waals surface area contributed by atoms with E-state index in [-0.39, 0.29) is 0 Å². The van der Waals surface area contributed by atoms with Gasteiger partial charge in [-0.2, -0.15) is 0 Å². The molecule has 0 aliphatic heterocycles. The van der Waals surface area contributed by atoms with Crippen molar-refractivity contribution >= 4 is 22.2 Å². The van der Waals surface area contributed by atoms with Crippen LogP contribution in [0.4, 0.5) is 10.8 Å². The van der Waals surface area contributed by atoms with Gasteiger partial charge in [0, 0.05) is 37.1 Å². The van der Waals surface area contributed by atoms with Gasteiger partial charge in [-0.1, -0.05) is 0 Å². The van der Waals surface area contributed by atoms with Crippen molar-refractivity contribution in [1.82, 2.24) is 9.97 Å². The van der Waals surface area contributed by atoms with Crippen molar-refractivity contribution in [2.75, 3.05) is 11.9 Å². The number of aromatic nitrogens is 2. The molecule has 14 heavy (non-hydrogen) atoms. The number of nitrogens with zero attached hydrogens (tertiary/aromatic N) is 2. The molecule has 2 aromatic heterocycles. The van der Waals surface area contributed by atoms with Gasteiger partial charge in [0.25, 0.3) is 0 Å². The van der Waals surface area contributed by atoms with Crippen molar-refractivity contribution in [3.05, 3.63) is 29.5 Å². The molecule has 0 fully saturated rings. The second-order valence-corrected chi connectivity index (χ2v) is 4.04. The number of aromatic amines is 1. The maximum Gasteiger partial charge on any atom is 0.189 e. The van der Waals surface area contributed by atoms with Crippen LogP contribution in [0.25, 0.3) is 0 Å². The molecule has 0 spiro atoms. The Labute approximate surface area is 86.4 Å². The Bertz CT molecular complexity index is 393. The van der Waals surface area contributed by atoms with Crippen molar-refractivity contribution < 1.29 is 0 Å². The summed E-state index contributed by atoms with van der Waals surface area (Å²) >= 11 is 1.62. The van der Waals surface area contributed by atoms with Gasteiger partial charge < -0.3 is 15.6 Å². The van der Waals surface area contributed by atoms with Gasteiger partial charge in [0.1, 0.15) is 0 Å². The van der Waals surface area contributed by atoms with Crippen LogP contribution in [-0.2, 0) is 6.54 Å². The predicted octanol–water partition coefficient (Wildman–Crippen LogP) is 1.70. The molecule has 0 atom stereocenters. The molecular weight excluding hydrogens is 196 g/mol. The van der Waals surface area contributed by atoms with Crippen molar-refractivity contribution in [2.24, 2.45) is 5.73 Å². The highest BCUT2D eigenvalue weighted by atomic mass is 32.1. The molecule has 0 aliphatic carbocycles. The summed E-state index contributed by atoms with van der Waals surface area (Å²) in [5, 5.41) is 0.963. The van der Waals surface area contributed by atoms with Crippen LogP contribution in [-0.4, -0.2) is 17.0 Å². The standard InChI is InChI=1S/C9H12N4S/c1-13(7-2-3-11-5-7)9-12-6-8(4-10)14-9/h2-3,5-6,11H,4,10H2,1H3. The van der Waals surface area contributed by atoms with E-state index in [1.807, 2.05) is 36.6 Å². The number of hydrogen-bond donors (Lipinski definition) is 2. The van der Waals surface area contributed by atoms with E-state index < -0.39 is 0 Å². The lowest BCUT2D eigenvalue weighted by molar-refractivity contribution is 1.09. The zero-order chi connectivity index (χ0) is 9.97. The van der Waals surface area contributed by atoms with E-state index in [0.717, 1.165) is 15.7 Å². The molecule has 74 valence electrons. The molecule has 0 saturated heterocycles. The smallest absolute Gasteiger partial charge is 0.189 e. The molecule has 2 heterocycles. The molecule has 0 aromatic carbocycles. The number of H-pyrrole nitrogens is 1. The summed E-state index contributed by atoms with van der Waals surface area (Å²) in [6.07, 6.45) is 5.65. The highest BCUT2D eigenvalue weighted by Crippen LogP contribution is 2.27. The zero-order valence-corrected chi connectivity index (χ0v) is 8.71. The van der Waals surface area contributed by atoms with Crippen LogP contribution in [0, 0.1) is 0 Å². The van der Waals surface area contributed by atoms with Crippen LogP contribution in [0.3, 0.4) is 0 Å². The first-order valence-electron chi connectivity index (χ1n) is 4.32. The van der Waals surface area contributed by atoms with Crippen LogP contribution in [0.15, 0.2) is 24.7 Å². The summed E-state index contributed by atoms with van der Waals surface area (Å²) in [6.45, 7) is 0.554. The normalized spacial score (nSPS) is 10.4. The summed E-state index contributed by atoms with van der Waals surface area (Å²) in [5.41, 5.74) is 6.63. The lowest BCUT2D eigenvalue weighted by atomic mass is 10.5. The second kappa shape index (κ2) is 3.81. The minimum Gasteiger partial charge on any atom is -0.366 e. The van der Waals surface area contributed by atoms with Crippen LogP contribution in [0.1, 0.15) is 4.88 Å². The molecule has 5 heteroatoms. The number of rotatable bonds is 3. The Balaban J connectivity index is 2.23. The lowest BCUT2D eigenvalue weighted by Crippen LogP contribution is -2.07. The van der Waals surface area contributed by atoms with E-state index in [1.54, 1.807) is 11.3 Å². The van der Waals surface area contributed by atoms with Gasteiger partial charge in [-0.15, -0.1) is 11.3 Å². The first kappa shape index (κ1) is 9.23. The number of hydrogen-bond acceptors (Lipinski definition) is 4. The summed E-state index contributed by atoms with van der Waals surface area (Å²) < 4.78 is 0. The fraction of sp³-hybridized carbons (Fsp3) is 0.222. The van der Waals surface area contributed by atoms with E-state index >= 15 is 0 Å².